The molecule has 0 saturated carbocycles. The van der Waals surface area contributed by atoms with Crippen molar-refractivity contribution in [1.29, 1.82) is 0 Å². The van der Waals surface area contributed by atoms with Crippen molar-refractivity contribution >= 4 is 17.7 Å². The van der Waals surface area contributed by atoms with Gasteiger partial charge in [-0.3, -0.25) is 9.36 Å². The van der Waals surface area contributed by atoms with Gasteiger partial charge in [-0.1, -0.05) is 30.8 Å². The molecule has 1 N–H and O–H groups in total. The number of carbonyl (C=O) groups is 1. The van der Waals surface area contributed by atoms with Gasteiger partial charge in [0.2, 0.25) is 0 Å². The number of nitrogens with zero attached hydrogens (tertiary/aromatic N) is 3. The van der Waals surface area contributed by atoms with E-state index in [1.54, 1.807) is 18.0 Å². The second kappa shape index (κ2) is 8.90. The molecule has 2 aromatic heterocycles. The van der Waals surface area contributed by atoms with E-state index in [2.05, 4.69) is 29.4 Å². The van der Waals surface area contributed by atoms with Gasteiger partial charge in [0.25, 0.3) is 5.91 Å². The largest absolute Gasteiger partial charge is 0.461 e. The first-order valence-corrected chi connectivity index (χ1v) is 10.1. The number of nitrogens with one attached hydrogen (secondary N) is 1. The molecule has 0 spiro atoms. The molecule has 142 valence electrons. The minimum absolute atomic E-state index is 0.0342. The quantitative estimate of drug-likeness (QED) is 0.584. The molecule has 0 saturated heterocycles. The van der Waals surface area contributed by atoms with Gasteiger partial charge in [-0.05, 0) is 50.1 Å². The van der Waals surface area contributed by atoms with Gasteiger partial charge < -0.3 is 9.73 Å². The van der Waals surface area contributed by atoms with Gasteiger partial charge in [0.15, 0.2) is 16.7 Å². The number of amides is 1. The lowest BCUT2D eigenvalue weighted by Gasteiger charge is -2.12. The molecular formula is C20H24N4O2S. The average molecular weight is 385 g/mol. The molecule has 0 aliphatic heterocycles. The molecule has 7 heteroatoms. The normalized spacial score (nSPS) is 12.1. The maximum absolute atomic E-state index is 12.3. The van der Waals surface area contributed by atoms with Gasteiger partial charge in [0.1, 0.15) is 0 Å². The Kier molecular flexibility index (Phi) is 6.34. The van der Waals surface area contributed by atoms with E-state index in [1.807, 2.05) is 47.9 Å². The first-order chi connectivity index (χ1) is 13.1. The molecule has 3 aromatic rings. The molecule has 6 nitrogen and oxygen atoms in total. The summed E-state index contributed by atoms with van der Waals surface area (Å²) < 4.78 is 7.47. The Hall–Kier alpha value is -2.54. The highest BCUT2D eigenvalue weighted by molar-refractivity contribution is 7.98. The third kappa shape index (κ3) is 4.60. The third-order valence-corrected chi connectivity index (χ3v) is 5.36. The minimum atomic E-state index is -0.0342. The van der Waals surface area contributed by atoms with Crippen LogP contribution < -0.4 is 5.32 Å². The number of thioether (sulfide) groups is 1. The van der Waals surface area contributed by atoms with Crippen molar-refractivity contribution in [1.82, 2.24) is 20.1 Å². The second-order valence-corrected chi connectivity index (χ2v) is 7.24. The molecule has 0 aliphatic rings. The summed E-state index contributed by atoms with van der Waals surface area (Å²) in [6, 6.07) is 11.6. The highest BCUT2D eigenvalue weighted by Crippen LogP contribution is 2.26. The van der Waals surface area contributed by atoms with Gasteiger partial charge in [0, 0.05) is 23.9 Å². The number of rotatable bonds is 8. The topological polar surface area (TPSA) is 73.0 Å². The van der Waals surface area contributed by atoms with E-state index in [0.717, 1.165) is 29.5 Å². The summed E-state index contributed by atoms with van der Waals surface area (Å²) in [7, 11) is 0. The fourth-order valence-corrected chi connectivity index (χ4v) is 3.57. The summed E-state index contributed by atoms with van der Waals surface area (Å²) >= 11 is 1.60. The second-order valence-electron chi connectivity index (χ2n) is 6.30. The fraction of sp³-hybridized carbons (Fsp3) is 0.350. The van der Waals surface area contributed by atoms with Gasteiger partial charge in [0.05, 0.1) is 6.26 Å². The van der Waals surface area contributed by atoms with Crippen molar-refractivity contribution in [2.75, 3.05) is 0 Å². The van der Waals surface area contributed by atoms with E-state index in [9.17, 15) is 4.79 Å². The van der Waals surface area contributed by atoms with Crippen LogP contribution in [0.1, 0.15) is 43.1 Å². The van der Waals surface area contributed by atoms with Crippen LogP contribution in [0.5, 0.6) is 0 Å². The number of benzene rings is 1. The van der Waals surface area contributed by atoms with Crippen LogP contribution in [0, 0.1) is 0 Å². The lowest BCUT2D eigenvalue weighted by molar-refractivity contribution is 0.0939. The molecule has 27 heavy (non-hydrogen) atoms. The van der Waals surface area contributed by atoms with Gasteiger partial charge in [-0.15, -0.1) is 10.2 Å². The molecule has 3 rings (SSSR count). The molecular weight excluding hydrogens is 360 g/mol. The predicted octanol–water partition coefficient (Wildman–Crippen LogP) is 4.38. The summed E-state index contributed by atoms with van der Waals surface area (Å²) in [4.78, 5) is 12.3. The van der Waals surface area contributed by atoms with E-state index >= 15 is 0 Å². The van der Waals surface area contributed by atoms with Crippen LogP contribution in [-0.2, 0) is 12.3 Å². The summed E-state index contributed by atoms with van der Waals surface area (Å²) in [5, 5.41) is 12.4. The molecule has 0 fully saturated rings. The Morgan fingerprint density at radius 2 is 2.11 bits per heavy atom. The van der Waals surface area contributed by atoms with Crippen LogP contribution in [0.25, 0.3) is 11.6 Å². The van der Waals surface area contributed by atoms with E-state index in [4.69, 9.17) is 4.42 Å². The molecule has 1 atom stereocenters. The van der Waals surface area contributed by atoms with Crippen LogP contribution in [0.2, 0.25) is 0 Å². The smallest absolute Gasteiger partial charge is 0.251 e. The minimum Gasteiger partial charge on any atom is -0.461 e. The summed E-state index contributed by atoms with van der Waals surface area (Å²) in [5.74, 6) is 2.11. The van der Waals surface area contributed by atoms with Crippen LogP contribution in [0.4, 0.5) is 0 Å². The van der Waals surface area contributed by atoms with Crippen molar-refractivity contribution in [2.24, 2.45) is 0 Å². The van der Waals surface area contributed by atoms with Crippen molar-refractivity contribution in [3.05, 3.63) is 53.8 Å². The van der Waals surface area contributed by atoms with Crippen LogP contribution >= 0.6 is 11.8 Å². The number of hydrogen-bond acceptors (Lipinski definition) is 5. The summed E-state index contributed by atoms with van der Waals surface area (Å²) in [6.45, 7) is 6.87. The van der Waals surface area contributed by atoms with Crippen molar-refractivity contribution in [3.8, 4) is 11.6 Å². The zero-order valence-electron chi connectivity index (χ0n) is 15.8. The molecule has 1 aromatic carbocycles. The zero-order chi connectivity index (χ0) is 19.2. The summed E-state index contributed by atoms with van der Waals surface area (Å²) in [5.41, 5.74) is 1.75. The summed E-state index contributed by atoms with van der Waals surface area (Å²) in [6.07, 6.45) is 2.54. The monoisotopic (exact) mass is 384 g/mol. The maximum atomic E-state index is 12.3. The SMILES string of the molecule is CC[C@@H](C)NC(=O)c1cccc(CSc2nnc(-c3ccco3)n2CC)c1. The van der Waals surface area contributed by atoms with Crippen LogP contribution in [0.3, 0.4) is 0 Å². The van der Waals surface area contributed by atoms with Crippen molar-refractivity contribution < 1.29 is 9.21 Å². The van der Waals surface area contributed by atoms with Crippen LogP contribution in [-0.4, -0.2) is 26.7 Å². The molecule has 0 unspecified atom stereocenters. The highest BCUT2D eigenvalue weighted by Gasteiger charge is 2.15. The highest BCUT2D eigenvalue weighted by atomic mass is 32.2. The fourth-order valence-electron chi connectivity index (χ4n) is 2.63. The lowest BCUT2D eigenvalue weighted by Crippen LogP contribution is -2.31. The Balaban J connectivity index is 1.70. The maximum Gasteiger partial charge on any atom is 0.251 e. The first-order valence-electron chi connectivity index (χ1n) is 9.12. The average Bonchev–Trinajstić information content (AvgIpc) is 3.35. The molecule has 0 aliphatic carbocycles. The van der Waals surface area contributed by atoms with Crippen molar-refractivity contribution in [2.45, 2.75) is 50.7 Å². The third-order valence-electron chi connectivity index (χ3n) is 4.32. The Morgan fingerprint density at radius 3 is 2.81 bits per heavy atom. The lowest BCUT2D eigenvalue weighted by atomic mass is 10.1. The Morgan fingerprint density at radius 1 is 1.26 bits per heavy atom. The standard InChI is InChI=1S/C20H24N4O2S/c1-4-14(3)21-19(25)16-9-6-8-15(12-16)13-27-20-23-22-18(24(20)5-2)17-10-7-11-26-17/h6-12,14H,4-5,13H2,1-3H3,(H,21,25)/t14-/m1/s1. The van der Waals surface area contributed by atoms with E-state index in [1.165, 1.54) is 0 Å². The molecule has 0 radical (unpaired) electrons. The number of aromatic nitrogens is 3. The van der Waals surface area contributed by atoms with E-state index < -0.39 is 0 Å². The van der Waals surface area contributed by atoms with E-state index in [-0.39, 0.29) is 11.9 Å². The molecule has 1 amide bonds. The predicted molar refractivity (Wildman–Crippen MR) is 107 cm³/mol. The molecule has 0 bridgehead atoms. The van der Waals surface area contributed by atoms with Crippen molar-refractivity contribution in [3.63, 3.8) is 0 Å². The van der Waals surface area contributed by atoms with Gasteiger partial charge >= 0.3 is 0 Å². The van der Waals surface area contributed by atoms with Crippen LogP contribution in [0.15, 0.2) is 52.2 Å². The number of hydrogen-bond donors (Lipinski definition) is 1. The van der Waals surface area contributed by atoms with Gasteiger partial charge in [-0.2, -0.15) is 0 Å². The number of furan rings is 1. The Labute approximate surface area is 163 Å². The van der Waals surface area contributed by atoms with Gasteiger partial charge in [-0.25, -0.2) is 0 Å². The van der Waals surface area contributed by atoms with E-state index in [0.29, 0.717) is 17.1 Å². The first kappa shape index (κ1) is 19.2. The zero-order valence-corrected chi connectivity index (χ0v) is 16.6. The number of carbonyl (C=O) groups excluding carboxylic acids is 1. The molecule has 2 heterocycles. The Bertz CT molecular complexity index is 889.